The third-order valence-electron chi connectivity index (χ3n) is 4.74. The average Bonchev–Trinajstić information content (AvgIpc) is 2.74. The lowest BCUT2D eigenvalue weighted by molar-refractivity contribution is -0.146. The molecule has 1 aliphatic rings. The van der Waals surface area contributed by atoms with Crippen LogP contribution in [0.15, 0.2) is 48.5 Å². The van der Waals surface area contributed by atoms with Crippen LogP contribution in [-0.2, 0) is 20.7 Å². The number of nitrogens with one attached hydrogen (secondary N) is 1. The minimum atomic E-state index is -0.444. The van der Waals surface area contributed by atoms with Crippen LogP contribution in [0.4, 0.5) is 11.4 Å². The Morgan fingerprint density at radius 3 is 2.29 bits per heavy atom. The van der Waals surface area contributed by atoms with E-state index in [9.17, 15) is 9.59 Å². The molecule has 2 aromatic rings. The number of esters is 1. The molecule has 6 nitrogen and oxygen atoms in total. The van der Waals surface area contributed by atoms with Crippen LogP contribution in [0, 0.1) is 0 Å². The summed E-state index contributed by atoms with van der Waals surface area (Å²) in [5.74, 6) is -0.0719. The number of rotatable bonds is 7. The van der Waals surface area contributed by atoms with Gasteiger partial charge in [-0.15, -0.1) is 0 Å². The van der Waals surface area contributed by atoms with Crippen molar-refractivity contribution in [2.75, 3.05) is 37.0 Å². The van der Waals surface area contributed by atoms with Crippen LogP contribution in [0.5, 0.6) is 5.75 Å². The molecule has 0 spiro atoms. The monoisotopic (exact) mass is 382 g/mol. The van der Waals surface area contributed by atoms with Crippen molar-refractivity contribution in [3.05, 3.63) is 54.1 Å². The van der Waals surface area contributed by atoms with Crippen molar-refractivity contribution >= 4 is 23.3 Å². The number of ether oxygens (including phenoxy) is 2. The first kappa shape index (κ1) is 19.7. The first-order valence-corrected chi connectivity index (χ1v) is 9.57. The van der Waals surface area contributed by atoms with Crippen LogP contribution in [0.3, 0.4) is 0 Å². The van der Waals surface area contributed by atoms with Gasteiger partial charge in [-0.1, -0.05) is 12.1 Å². The van der Waals surface area contributed by atoms with E-state index < -0.39 is 5.97 Å². The van der Waals surface area contributed by atoms with Crippen molar-refractivity contribution in [2.24, 2.45) is 0 Å². The molecule has 0 unspecified atom stereocenters. The smallest absolute Gasteiger partial charge is 0.310 e. The second-order valence-electron chi connectivity index (χ2n) is 6.83. The molecule has 28 heavy (non-hydrogen) atoms. The van der Waals surface area contributed by atoms with Gasteiger partial charge in [-0.3, -0.25) is 9.59 Å². The summed E-state index contributed by atoms with van der Waals surface area (Å²) in [7, 11) is 1.59. The molecule has 1 amide bonds. The Labute approximate surface area is 165 Å². The Balaban J connectivity index is 1.42. The van der Waals surface area contributed by atoms with E-state index in [2.05, 4.69) is 10.2 Å². The Morgan fingerprint density at radius 1 is 0.964 bits per heavy atom. The fourth-order valence-electron chi connectivity index (χ4n) is 3.21. The standard InChI is InChI=1S/C22H26N2O4/c1-27-20-11-5-17(6-12-20)15-22(26)28-16-21(25)23-18-7-9-19(10-8-18)24-13-3-2-4-14-24/h5-12H,2-4,13-16H2,1H3,(H,23,25). The van der Waals surface area contributed by atoms with E-state index in [1.54, 1.807) is 31.4 Å². The largest absolute Gasteiger partial charge is 0.497 e. The van der Waals surface area contributed by atoms with Gasteiger partial charge in [0, 0.05) is 24.5 Å². The number of carbonyl (C=O) groups excluding carboxylic acids is 2. The molecular formula is C22H26N2O4. The van der Waals surface area contributed by atoms with E-state index in [0.29, 0.717) is 5.69 Å². The maximum atomic E-state index is 12.0. The molecule has 3 rings (SSSR count). The second-order valence-corrected chi connectivity index (χ2v) is 6.83. The molecule has 148 valence electrons. The van der Waals surface area contributed by atoms with Gasteiger partial charge >= 0.3 is 5.97 Å². The Kier molecular flexibility index (Phi) is 6.89. The molecule has 1 heterocycles. The summed E-state index contributed by atoms with van der Waals surface area (Å²) in [6.45, 7) is 1.86. The van der Waals surface area contributed by atoms with Crippen molar-refractivity contribution < 1.29 is 19.1 Å². The molecule has 1 aliphatic heterocycles. The van der Waals surface area contributed by atoms with E-state index in [1.807, 2.05) is 24.3 Å². The molecule has 2 aromatic carbocycles. The fourth-order valence-corrected chi connectivity index (χ4v) is 3.21. The highest BCUT2D eigenvalue weighted by molar-refractivity contribution is 5.93. The van der Waals surface area contributed by atoms with E-state index in [4.69, 9.17) is 9.47 Å². The first-order chi connectivity index (χ1) is 13.6. The maximum Gasteiger partial charge on any atom is 0.310 e. The Hall–Kier alpha value is -3.02. The summed E-state index contributed by atoms with van der Waals surface area (Å²) >= 11 is 0. The van der Waals surface area contributed by atoms with E-state index in [-0.39, 0.29) is 18.9 Å². The molecule has 0 atom stereocenters. The van der Waals surface area contributed by atoms with Gasteiger partial charge in [0.25, 0.3) is 5.91 Å². The van der Waals surface area contributed by atoms with Crippen LogP contribution >= 0.6 is 0 Å². The molecule has 0 radical (unpaired) electrons. The van der Waals surface area contributed by atoms with Crippen LogP contribution in [-0.4, -0.2) is 38.7 Å². The van der Waals surface area contributed by atoms with Crippen molar-refractivity contribution in [1.29, 1.82) is 0 Å². The highest BCUT2D eigenvalue weighted by atomic mass is 16.5. The fraction of sp³-hybridized carbons (Fsp3) is 0.364. The van der Waals surface area contributed by atoms with Crippen LogP contribution < -0.4 is 15.0 Å². The van der Waals surface area contributed by atoms with E-state index >= 15 is 0 Å². The third-order valence-corrected chi connectivity index (χ3v) is 4.74. The summed E-state index contributed by atoms with van der Waals surface area (Å²) in [6.07, 6.45) is 3.85. The molecule has 1 N–H and O–H groups in total. The van der Waals surface area contributed by atoms with E-state index in [0.717, 1.165) is 24.4 Å². The molecule has 1 fully saturated rings. The van der Waals surface area contributed by atoms with Crippen LogP contribution in [0.25, 0.3) is 0 Å². The number of carbonyl (C=O) groups is 2. The number of anilines is 2. The molecule has 0 bridgehead atoms. The minimum absolute atomic E-state index is 0.113. The predicted octanol–water partition coefficient (Wildman–Crippen LogP) is 3.41. The van der Waals surface area contributed by atoms with Crippen LogP contribution in [0.1, 0.15) is 24.8 Å². The summed E-state index contributed by atoms with van der Waals surface area (Å²) < 4.78 is 10.1. The zero-order valence-corrected chi connectivity index (χ0v) is 16.1. The van der Waals surface area contributed by atoms with Gasteiger partial charge in [-0.25, -0.2) is 0 Å². The lowest BCUT2D eigenvalue weighted by atomic mass is 10.1. The number of amides is 1. The Morgan fingerprint density at radius 2 is 1.64 bits per heavy atom. The molecular weight excluding hydrogens is 356 g/mol. The first-order valence-electron chi connectivity index (χ1n) is 9.57. The Bertz CT molecular complexity index is 781. The lowest BCUT2D eigenvalue weighted by Gasteiger charge is -2.28. The van der Waals surface area contributed by atoms with Crippen molar-refractivity contribution in [2.45, 2.75) is 25.7 Å². The zero-order valence-electron chi connectivity index (χ0n) is 16.1. The number of methoxy groups -OCH3 is 1. The number of nitrogens with zero attached hydrogens (tertiary/aromatic N) is 1. The molecule has 6 heteroatoms. The second kappa shape index (κ2) is 9.78. The SMILES string of the molecule is COc1ccc(CC(=O)OCC(=O)Nc2ccc(N3CCCCC3)cc2)cc1. The van der Waals surface area contributed by atoms with Gasteiger partial charge in [0.05, 0.1) is 13.5 Å². The van der Waals surface area contributed by atoms with Gasteiger partial charge in [-0.2, -0.15) is 0 Å². The molecule has 0 saturated carbocycles. The highest BCUT2D eigenvalue weighted by Crippen LogP contribution is 2.21. The summed E-state index contributed by atoms with van der Waals surface area (Å²) in [5, 5.41) is 2.76. The predicted molar refractivity (Wildman–Crippen MR) is 109 cm³/mol. The normalized spacial score (nSPS) is 13.7. The summed E-state index contributed by atoms with van der Waals surface area (Å²) in [4.78, 5) is 26.3. The van der Waals surface area contributed by atoms with Crippen molar-refractivity contribution in [3.63, 3.8) is 0 Å². The highest BCUT2D eigenvalue weighted by Gasteiger charge is 2.12. The van der Waals surface area contributed by atoms with Gasteiger partial charge in [0.1, 0.15) is 5.75 Å². The average molecular weight is 382 g/mol. The number of piperidine rings is 1. The topological polar surface area (TPSA) is 67.9 Å². The van der Waals surface area contributed by atoms with E-state index in [1.165, 1.54) is 24.9 Å². The number of hydrogen-bond donors (Lipinski definition) is 1. The molecule has 0 aliphatic carbocycles. The zero-order chi connectivity index (χ0) is 19.8. The van der Waals surface area contributed by atoms with Gasteiger partial charge in [0.2, 0.25) is 0 Å². The number of benzene rings is 2. The summed E-state index contributed by atoms with van der Waals surface area (Å²) in [6, 6.07) is 14.9. The third kappa shape index (κ3) is 5.74. The summed E-state index contributed by atoms with van der Waals surface area (Å²) in [5.41, 5.74) is 2.67. The quantitative estimate of drug-likeness (QED) is 0.744. The maximum absolute atomic E-state index is 12.0. The van der Waals surface area contributed by atoms with Crippen LogP contribution in [0.2, 0.25) is 0 Å². The van der Waals surface area contributed by atoms with Gasteiger partial charge < -0.3 is 19.7 Å². The van der Waals surface area contributed by atoms with Gasteiger partial charge in [0.15, 0.2) is 6.61 Å². The van der Waals surface area contributed by atoms with Crippen molar-refractivity contribution in [1.82, 2.24) is 0 Å². The van der Waals surface area contributed by atoms with Crippen molar-refractivity contribution in [3.8, 4) is 5.75 Å². The number of hydrogen-bond acceptors (Lipinski definition) is 5. The molecule has 0 aromatic heterocycles. The molecule has 1 saturated heterocycles. The van der Waals surface area contributed by atoms with Gasteiger partial charge in [-0.05, 0) is 61.2 Å². The lowest BCUT2D eigenvalue weighted by Crippen LogP contribution is -2.29. The minimum Gasteiger partial charge on any atom is -0.497 e.